The van der Waals surface area contributed by atoms with E-state index in [9.17, 15) is 4.79 Å². The second-order valence-electron chi connectivity index (χ2n) is 5.56. The van der Waals surface area contributed by atoms with Gasteiger partial charge < -0.3 is 13.9 Å². The molecule has 3 aromatic rings. The first kappa shape index (κ1) is 18.0. The van der Waals surface area contributed by atoms with E-state index in [2.05, 4.69) is 26.5 Å². The summed E-state index contributed by atoms with van der Waals surface area (Å²) in [6, 6.07) is 10.8. The second kappa shape index (κ2) is 7.61. The van der Waals surface area contributed by atoms with Gasteiger partial charge in [0, 0.05) is 15.4 Å². The lowest BCUT2D eigenvalue weighted by molar-refractivity contribution is 0.0929. The zero-order chi connectivity index (χ0) is 18.7. The van der Waals surface area contributed by atoms with E-state index in [1.807, 2.05) is 25.1 Å². The Morgan fingerprint density at radius 2 is 1.88 bits per heavy atom. The largest absolute Gasteiger partial charge is 0.493 e. The molecule has 0 saturated carbocycles. The summed E-state index contributed by atoms with van der Waals surface area (Å²) in [5.41, 5.74) is 4.85. The fourth-order valence-corrected chi connectivity index (χ4v) is 2.86. The molecule has 0 atom stereocenters. The van der Waals surface area contributed by atoms with E-state index in [-0.39, 0.29) is 5.76 Å². The SMILES string of the molecule is COc1cc(C)c(/C=N/NC(=O)c2cc3cc(Br)ccc3o2)cc1OC. The van der Waals surface area contributed by atoms with Crippen molar-refractivity contribution in [2.75, 3.05) is 14.2 Å². The number of halogens is 1. The lowest BCUT2D eigenvalue weighted by atomic mass is 10.1. The van der Waals surface area contributed by atoms with Gasteiger partial charge in [0.1, 0.15) is 5.58 Å². The molecule has 134 valence electrons. The summed E-state index contributed by atoms with van der Waals surface area (Å²) in [5, 5.41) is 4.84. The molecule has 0 aliphatic carbocycles. The molecule has 6 nitrogen and oxygen atoms in total. The number of hydrazone groups is 1. The van der Waals surface area contributed by atoms with Crippen molar-refractivity contribution in [3.63, 3.8) is 0 Å². The topological polar surface area (TPSA) is 73.1 Å². The third-order valence-corrected chi connectivity index (χ3v) is 4.34. The quantitative estimate of drug-likeness (QED) is 0.497. The molecule has 0 unspecified atom stereocenters. The van der Waals surface area contributed by atoms with Crippen molar-refractivity contribution < 1.29 is 18.7 Å². The van der Waals surface area contributed by atoms with E-state index in [0.29, 0.717) is 17.1 Å². The van der Waals surface area contributed by atoms with Crippen LogP contribution in [0, 0.1) is 6.92 Å². The minimum absolute atomic E-state index is 0.194. The molecule has 0 fully saturated rings. The summed E-state index contributed by atoms with van der Waals surface area (Å²) in [6.45, 7) is 1.92. The van der Waals surface area contributed by atoms with Gasteiger partial charge >= 0.3 is 5.91 Å². The summed E-state index contributed by atoms with van der Waals surface area (Å²) in [5.74, 6) is 0.999. The first-order chi connectivity index (χ1) is 12.5. The Labute approximate surface area is 158 Å². The highest BCUT2D eigenvalue weighted by Gasteiger charge is 2.12. The van der Waals surface area contributed by atoms with Crippen LogP contribution in [0.3, 0.4) is 0 Å². The maximum atomic E-state index is 12.2. The number of ether oxygens (including phenoxy) is 2. The fraction of sp³-hybridized carbons (Fsp3) is 0.158. The van der Waals surface area contributed by atoms with Gasteiger partial charge in [-0.2, -0.15) is 5.10 Å². The smallest absolute Gasteiger partial charge is 0.307 e. The van der Waals surface area contributed by atoms with Gasteiger partial charge in [-0.05, 0) is 48.9 Å². The van der Waals surface area contributed by atoms with Crippen LogP contribution in [0.15, 0.2) is 50.4 Å². The van der Waals surface area contributed by atoms with Gasteiger partial charge in [0.05, 0.1) is 20.4 Å². The van der Waals surface area contributed by atoms with Gasteiger partial charge in [0.25, 0.3) is 0 Å². The van der Waals surface area contributed by atoms with Gasteiger partial charge in [0.15, 0.2) is 17.3 Å². The average molecular weight is 417 g/mol. The number of carbonyl (C=O) groups excluding carboxylic acids is 1. The first-order valence-electron chi connectivity index (χ1n) is 7.77. The summed E-state index contributed by atoms with van der Waals surface area (Å²) in [6.07, 6.45) is 1.55. The molecular weight excluding hydrogens is 400 g/mol. The molecule has 0 radical (unpaired) electrons. The maximum Gasteiger partial charge on any atom is 0.307 e. The molecular formula is C19H17BrN2O4. The Balaban J connectivity index is 1.76. The van der Waals surface area contributed by atoms with Gasteiger partial charge in [-0.1, -0.05) is 15.9 Å². The van der Waals surface area contributed by atoms with Gasteiger partial charge in [0.2, 0.25) is 0 Å². The van der Waals surface area contributed by atoms with Crippen molar-refractivity contribution in [3.05, 3.63) is 57.8 Å². The maximum absolute atomic E-state index is 12.2. The molecule has 26 heavy (non-hydrogen) atoms. The monoisotopic (exact) mass is 416 g/mol. The number of rotatable bonds is 5. The number of hydrogen-bond acceptors (Lipinski definition) is 5. The third kappa shape index (κ3) is 3.72. The van der Waals surface area contributed by atoms with Crippen molar-refractivity contribution in [2.45, 2.75) is 6.92 Å². The van der Waals surface area contributed by atoms with Crippen LogP contribution in [0.4, 0.5) is 0 Å². The van der Waals surface area contributed by atoms with Crippen LogP contribution in [-0.2, 0) is 0 Å². The highest BCUT2D eigenvalue weighted by atomic mass is 79.9. The van der Waals surface area contributed by atoms with Gasteiger partial charge in [-0.3, -0.25) is 4.79 Å². The van der Waals surface area contributed by atoms with Crippen molar-refractivity contribution in [1.82, 2.24) is 5.43 Å². The minimum atomic E-state index is -0.424. The number of hydrogen-bond donors (Lipinski definition) is 1. The van der Waals surface area contributed by atoms with E-state index in [1.165, 1.54) is 0 Å². The molecule has 1 heterocycles. The lowest BCUT2D eigenvalue weighted by Gasteiger charge is -2.10. The molecule has 1 N–H and O–H groups in total. The summed E-state index contributed by atoms with van der Waals surface area (Å²) in [7, 11) is 3.15. The van der Waals surface area contributed by atoms with E-state index >= 15 is 0 Å². The van der Waals surface area contributed by atoms with Crippen LogP contribution in [-0.4, -0.2) is 26.3 Å². The Kier molecular flexibility index (Phi) is 5.27. The molecule has 1 aromatic heterocycles. The van der Waals surface area contributed by atoms with Gasteiger partial charge in [-0.25, -0.2) is 5.43 Å². The predicted octanol–water partition coefficient (Wildman–Crippen LogP) is 4.28. The van der Waals surface area contributed by atoms with E-state index in [4.69, 9.17) is 13.9 Å². The molecule has 2 aromatic carbocycles. The zero-order valence-corrected chi connectivity index (χ0v) is 16.1. The number of nitrogens with zero attached hydrogens (tertiary/aromatic N) is 1. The molecule has 0 aliphatic rings. The van der Waals surface area contributed by atoms with E-state index < -0.39 is 5.91 Å². The number of aryl methyl sites for hydroxylation is 1. The van der Waals surface area contributed by atoms with E-state index in [1.54, 1.807) is 38.6 Å². The predicted molar refractivity (Wildman–Crippen MR) is 103 cm³/mol. The molecule has 0 aliphatic heterocycles. The Hall–Kier alpha value is -2.80. The Bertz CT molecular complexity index is 995. The number of furan rings is 1. The van der Waals surface area contributed by atoms with Crippen molar-refractivity contribution >= 4 is 39.0 Å². The summed E-state index contributed by atoms with van der Waals surface area (Å²) in [4.78, 5) is 12.2. The van der Waals surface area contributed by atoms with Crippen molar-refractivity contribution in [2.24, 2.45) is 5.10 Å². The van der Waals surface area contributed by atoms with Crippen LogP contribution < -0.4 is 14.9 Å². The van der Waals surface area contributed by atoms with Crippen LogP contribution in [0.25, 0.3) is 11.0 Å². The van der Waals surface area contributed by atoms with Gasteiger partial charge in [-0.15, -0.1) is 0 Å². The molecule has 7 heteroatoms. The standard InChI is InChI=1S/C19H17BrN2O4/c1-11-6-16(24-2)17(25-3)9-13(11)10-21-22-19(23)18-8-12-7-14(20)4-5-15(12)26-18/h4-10H,1-3H3,(H,22,23)/b21-10+. The summed E-state index contributed by atoms with van der Waals surface area (Å²) >= 11 is 3.39. The Morgan fingerprint density at radius 3 is 2.62 bits per heavy atom. The van der Waals surface area contributed by atoms with Crippen LogP contribution in [0.1, 0.15) is 21.7 Å². The van der Waals surface area contributed by atoms with E-state index in [0.717, 1.165) is 21.0 Å². The number of benzene rings is 2. The average Bonchev–Trinajstić information content (AvgIpc) is 3.05. The molecule has 3 rings (SSSR count). The molecule has 0 saturated heterocycles. The molecule has 1 amide bonds. The first-order valence-corrected chi connectivity index (χ1v) is 8.56. The molecule has 0 bridgehead atoms. The third-order valence-electron chi connectivity index (χ3n) is 3.84. The lowest BCUT2D eigenvalue weighted by Crippen LogP contribution is -2.16. The van der Waals surface area contributed by atoms with Crippen LogP contribution in [0.5, 0.6) is 11.5 Å². The van der Waals surface area contributed by atoms with Crippen LogP contribution >= 0.6 is 15.9 Å². The number of nitrogens with one attached hydrogen (secondary N) is 1. The van der Waals surface area contributed by atoms with Crippen molar-refractivity contribution in [3.8, 4) is 11.5 Å². The van der Waals surface area contributed by atoms with Crippen LogP contribution in [0.2, 0.25) is 0 Å². The number of carbonyl (C=O) groups is 1. The minimum Gasteiger partial charge on any atom is -0.493 e. The number of methoxy groups -OCH3 is 2. The molecule has 0 spiro atoms. The number of amides is 1. The fourth-order valence-electron chi connectivity index (χ4n) is 2.48. The Morgan fingerprint density at radius 1 is 1.15 bits per heavy atom. The zero-order valence-electron chi connectivity index (χ0n) is 14.5. The number of fused-ring (bicyclic) bond motifs is 1. The second-order valence-corrected chi connectivity index (χ2v) is 6.47. The normalized spacial score (nSPS) is 11.1. The summed E-state index contributed by atoms with van der Waals surface area (Å²) < 4.78 is 17.0. The van der Waals surface area contributed by atoms with Crippen molar-refractivity contribution in [1.29, 1.82) is 0 Å². The highest BCUT2D eigenvalue weighted by molar-refractivity contribution is 9.10. The highest BCUT2D eigenvalue weighted by Crippen LogP contribution is 2.29.